The Balaban J connectivity index is 1.02. The molecule has 2 aliphatic heterocycles. The molecule has 0 saturated carbocycles. The zero-order valence-corrected chi connectivity index (χ0v) is 24.7. The average Bonchev–Trinajstić information content (AvgIpc) is 3.66. The Kier molecular flexibility index (Phi) is 7.89. The summed E-state index contributed by atoms with van der Waals surface area (Å²) >= 11 is 0. The van der Waals surface area contributed by atoms with Crippen molar-refractivity contribution in [2.75, 3.05) is 18.7 Å². The first kappa shape index (κ1) is 28.2. The normalized spacial score (nSPS) is 14.8. The van der Waals surface area contributed by atoms with Gasteiger partial charge < -0.3 is 25.0 Å². The Labute approximate surface area is 262 Å². The Hall–Kier alpha value is -5.56. The van der Waals surface area contributed by atoms with Crippen molar-refractivity contribution in [3.63, 3.8) is 0 Å². The number of amides is 2. The van der Waals surface area contributed by atoms with Crippen LogP contribution in [0.1, 0.15) is 61.5 Å². The van der Waals surface area contributed by atoms with E-state index in [1.54, 1.807) is 0 Å². The maximum atomic E-state index is 13.5. The average molecular weight is 596 g/mol. The second-order valence-electron chi connectivity index (χ2n) is 11.3. The number of benzene rings is 5. The van der Waals surface area contributed by atoms with Crippen LogP contribution in [-0.4, -0.2) is 30.1 Å². The molecule has 7 heteroatoms. The molecule has 0 spiro atoms. The molecule has 7 nitrogen and oxygen atoms in total. The van der Waals surface area contributed by atoms with Gasteiger partial charge in [-0.05, 0) is 65.6 Å². The molecule has 0 aliphatic carbocycles. The fraction of sp³-hybridized carbons (Fsp3) is 0.158. The van der Waals surface area contributed by atoms with Crippen molar-refractivity contribution < 1.29 is 19.1 Å². The molecule has 0 saturated heterocycles. The Morgan fingerprint density at radius 2 is 1.44 bits per heavy atom. The highest BCUT2D eigenvalue weighted by atomic mass is 16.7. The zero-order chi connectivity index (χ0) is 30.6. The maximum Gasteiger partial charge on any atom is 0.256 e. The number of nitrogens with zero attached hydrogens (tertiary/aromatic N) is 1. The van der Waals surface area contributed by atoms with Crippen LogP contribution < -0.4 is 20.1 Å². The van der Waals surface area contributed by atoms with E-state index >= 15 is 0 Å². The predicted octanol–water partition coefficient (Wildman–Crippen LogP) is 7.13. The number of hydrogen-bond donors (Lipinski definition) is 2. The smallest absolute Gasteiger partial charge is 0.256 e. The molecule has 224 valence electrons. The lowest BCUT2D eigenvalue weighted by atomic mass is 9.88. The minimum Gasteiger partial charge on any atom is -0.454 e. The van der Waals surface area contributed by atoms with E-state index in [2.05, 4.69) is 59.2 Å². The molecule has 2 amide bonds. The molecule has 0 bridgehead atoms. The van der Waals surface area contributed by atoms with Crippen LogP contribution in [0.2, 0.25) is 0 Å². The SMILES string of the molecule is O=C(NCCC(c1ccccc1)c1ccccc1)c1ccc(N[C@@H]2c3ccccc3C(=O)N2Cc2ccc3c(c2)OCO3)cc1. The van der Waals surface area contributed by atoms with E-state index in [0.29, 0.717) is 35.7 Å². The van der Waals surface area contributed by atoms with Gasteiger partial charge in [0, 0.05) is 41.4 Å². The van der Waals surface area contributed by atoms with E-state index in [9.17, 15) is 9.59 Å². The van der Waals surface area contributed by atoms with Crippen molar-refractivity contribution in [1.29, 1.82) is 0 Å². The summed E-state index contributed by atoms with van der Waals surface area (Å²) in [4.78, 5) is 28.4. The molecule has 0 unspecified atom stereocenters. The van der Waals surface area contributed by atoms with Crippen LogP contribution in [0, 0.1) is 0 Å². The van der Waals surface area contributed by atoms with Gasteiger partial charge >= 0.3 is 0 Å². The van der Waals surface area contributed by atoms with Gasteiger partial charge in [-0.2, -0.15) is 0 Å². The molecule has 1 atom stereocenters. The van der Waals surface area contributed by atoms with Crippen molar-refractivity contribution in [3.8, 4) is 11.5 Å². The van der Waals surface area contributed by atoms with Gasteiger partial charge in [0.25, 0.3) is 11.8 Å². The summed E-state index contributed by atoms with van der Waals surface area (Å²) in [5, 5.41) is 6.63. The number of anilines is 1. The van der Waals surface area contributed by atoms with Crippen LogP contribution in [0.3, 0.4) is 0 Å². The van der Waals surface area contributed by atoms with Gasteiger partial charge in [-0.15, -0.1) is 0 Å². The fourth-order valence-electron chi connectivity index (χ4n) is 6.13. The maximum absolute atomic E-state index is 13.5. The van der Waals surface area contributed by atoms with Crippen LogP contribution in [-0.2, 0) is 6.54 Å². The van der Waals surface area contributed by atoms with E-state index in [-0.39, 0.29) is 30.7 Å². The van der Waals surface area contributed by atoms with Crippen LogP contribution in [0.25, 0.3) is 0 Å². The summed E-state index contributed by atoms with van der Waals surface area (Å²) < 4.78 is 11.0. The first-order valence-electron chi connectivity index (χ1n) is 15.2. The molecule has 0 fully saturated rings. The van der Waals surface area contributed by atoms with Crippen molar-refractivity contribution in [2.45, 2.75) is 25.0 Å². The third-order valence-electron chi connectivity index (χ3n) is 8.42. The third kappa shape index (κ3) is 5.97. The van der Waals surface area contributed by atoms with E-state index in [1.807, 2.05) is 83.8 Å². The van der Waals surface area contributed by atoms with Crippen molar-refractivity contribution in [1.82, 2.24) is 10.2 Å². The molecule has 2 N–H and O–H groups in total. The Bertz CT molecular complexity index is 1770. The van der Waals surface area contributed by atoms with Crippen molar-refractivity contribution >= 4 is 17.5 Å². The van der Waals surface area contributed by atoms with E-state index in [1.165, 1.54) is 11.1 Å². The molecular weight excluding hydrogens is 562 g/mol. The number of carbonyl (C=O) groups excluding carboxylic acids is 2. The topological polar surface area (TPSA) is 79.9 Å². The van der Waals surface area contributed by atoms with Crippen molar-refractivity contribution in [2.24, 2.45) is 0 Å². The fourth-order valence-corrected chi connectivity index (χ4v) is 6.13. The molecule has 0 radical (unpaired) electrons. The molecule has 7 rings (SSSR count). The first-order chi connectivity index (χ1) is 22.1. The van der Waals surface area contributed by atoms with Gasteiger partial charge in [0.05, 0.1) is 0 Å². The summed E-state index contributed by atoms with van der Waals surface area (Å²) in [6, 6.07) is 41.6. The van der Waals surface area contributed by atoms with Gasteiger partial charge in [-0.3, -0.25) is 9.59 Å². The monoisotopic (exact) mass is 595 g/mol. The predicted molar refractivity (Wildman–Crippen MR) is 173 cm³/mol. The zero-order valence-electron chi connectivity index (χ0n) is 24.7. The third-order valence-corrected chi connectivity index (χ3v) is 8.42. The number of hydrogen-bond acceptors (Lipinski definition) is 5. The lowest BCUT2D eigenvalue weighted by molar-refractivity contribution is 0.0728. The molecule has 2 aliphatic rings. The highest BCUT2D eigenvalue weighted by Gasteiger charge is 2.36. The second-order valence-corrected chi connectivity index (χ2v) is 11.3. The van der Waals surface area contributed by atoms with Gasteiger partial charge in [0.15, 0.2) is 11.5 Å². The quantitative estimate of drug-likeness (QED) is 0.180. The number of rotatable bonds is 10. The lowest BCUT2D eigenvalue weighted by Gasteiger charge is -2.27. The molecule has 5 aromatic carbocycles. The molecule has 0 aromatic heterocycles. The minimum absolute atomic E-state index is 0.0407. The second kappa shape index (κ2) is 12.6. The number of ether oxygens (including phenoxy) is 2. The van der Waals surface area contributed by atoms with E-state index < -0.39 is 0 Å². The Morgan fingerprint density at radius 1 is 0.778 bits per heavy atom. The molecule has 2 heterocycles. The highest BCUT2D eigenvalue weighted by molar-refractivity contribution is 5.99. The molecule has 5 aromatic rings. The highest BCUT2D eigenvalue weighted by Crippen LogP contribution is 2.38. The largest absolute Gasteiger partial charge is 0.454 e. The first-order valence-corrected chi connectivity index (χ1v) is 15.2. The minimum atomic E-state index is -0.369. The summed E-state index contributed by atoms with van der Waals surface area (Å²) in [7, 11) is 0. The molecule has 45 heavy (non-hydrogen) atoms. The summed E-state index contributed by atoms with van der Waals surface area (Å²) in [6.45, 7) is 1.14. The van der Waals surface area contributed by atoms with Crippen LogP contribution in [0.5, 0.6) is 11.5 Å². The lowest BCUT2D eigenvalue weighted by Crippen LogP contribution is -2.32. The standard InChI is InChI=1S/C38H33N3O4/c42-37(39-22-21-31(27-9-3-1-4-10-27)28-11-5-2-6-12-28)29-16-18-30(19-17-29)40-36-32-13-7-8-14-33(32)38(43)41(36)24-26-15-20-34-35(23-26)45-25-44-34/h1-20,23,31,36,40H,21-22,24-25H2,(H,39,42)/t36-/m0/s1. The van der Waals surface area contributed by atoms with Gasteiger partial charge in [-0.25, -0.2) is 0 Å². The summed E-state index contributed by atoms with van der Waals surface area (Å²) in [5.41, 5.74) is 6.39. The number of carbonyl (C=O) groups is 2. The van der Waals surface area contributed by atoms with Crippen molar-refractivity contribution in [3.05, 3.63) is 161 Å². The van der Waals surface area contributed by atoms with Crippen LogP contribution in [0.4, 0.5) is 5.69 Å². The Morgan fingerprint density at radius 3 is 2.18 bits per heavy atom. The van der Waals surface area contributed by atoms with Crippen LogP contribution >= 0.6 is 0 Å². The summed E-state index contributed by atoms with van der Waals surface area (Å²) in [6.07, 6.45) is 0.417. The van der Waals surface area contributed by atoms with E-state index in [4.69, 9.17) is 9.47 Å². The van der Waals surface area contributed by atoms with Crippen LogP contribution in [0.15, 0.2) is 127 Å². The van der Waals surface area contributed by atoms with E-state index in [0.717, 1.165) is 23.2 Å². The number of nitrogens with one attached hydrogen (secondary N) is 2. The molecular formula is C38H33N3O4. The van der Waals surface area contributed by atoms with Gasteiger partial charge in [0.2, 0.25) is 6.79 Å². The summed E-state index contributed by atoms with van der Waals surface area (Å²) in [5.74, 6) is 1.43. The number of fused-ring (bicyclic) bond motifs is 2. The van der Waals surface area contributed by atoms with Gasteiger partial charge in [0.1, 0.15) is 6.17 Å². The van der Waals surface area contributed by atoms with Gasteiger partial charge in [-0.1, -0.05) is 84.9 Å².